The Morgan fingerprint density at radius 2 is 1.68 bits per heavy atom. The van der Waals surface area contributed by atoms with Crippen LogP contribution in [0.4, 0.5) is 0 Å². The summed E-state index contributed by atoms with van der Waals surface area (Å²) in [5.41, 5.74) is 2.77. The summed E-state index contributed by atoms with van der Waals surface area (Å²) < 4.78 is 0. The van der Waals surface area contributed by atoms with E-state index in [1.165, 1.54) is 36.8 Å². The third-order valence-electron chi connectivity index (χ3n) is 4.32. The van der Waals surface area contributed by atoms with E-state index >= 15 is 0 Å². The first kappa shape index (κ1) is 12.7. The number of fused-ring (bicyclic) bond motifs is 1. The van der Waals surface area contributed by atoms with Gasteiger partial charge in [-0.1, -0.05) is 37.1 Å². The van der Waals surface area contributed by atoms with E-state index in [0.717, 1.165) is 12.8 Å². The lowest BCUT2D eigenvalue weighted by atomic mass is 10.1. The average molecular weight is 258 g/mol. The van der Waals surface area contributed by atoms with Crippen LogP contribution in [0, 0.1) is 0 Å². The lowest BCUT2D eigenvalue weighted by molar-refractivity contribution is -0.121. The summed E-state index contributed by atoms with van der Waals surface area (Å²) in [5, 5.41) is 6.51. The third kappa shape index (κ3) is 3.16. The van der Waals surface area contributed by atoms with Crippen LogP contribution in [-0.4, -0.2) is 24.5 Å². The first-order valence-corrected chi connectivity index (χ1v) is 7.41. The fourth-order valence-electron chi connectivity index (χ4n) is 3.31. The van der Waals surface area contributed by atoms with E-state index in [9.17, 15) is 4.79 Å². The van der Waals surface area contributed by atoms with Crippen LogP contribution in [0.3, 0.4) is 0 Å². The summed E-state index contributed by atoms with van der Waals surface area (Å²) in [4.78, 5) is 11.9. The fraction of sp³-hybridized carbons (Fsp3) is 0.562. The molecule has 1 fully saturated rings. The molecule has 2 N–H and O–H groups in total. The minimum atomic E-state index is 0.143. The molecule has 19 heavy (non-hydrogen) atoms. The maximum Gasteiger partial charge on any atom is 0.234 e. The number of hydrogen-bond donors (Lipinski definition) is 2. The lowest BCUT2D eigenvalue weighted by Crippen LogP contribution is -2.43. The molecule has 0 aromatic heterocycles. The summed E-state index contributed by atoms with van der Waals surface area (Å²) in [6, 6.07) is 9.33. The SMILES string of the molecule is O=C(CNC1CCCC1)NC1Cc2ccccc2C1. The maximum atomic E-state index is 11.9. The van der Waals surface area contributed by atoms with Gasteiger partial charge in [0.25, 0.3) is 0 Å². The average Bonchev–Trinajstić information content (AvgIpc) is 3.04. The van der Waals surface area contributed by atoms with Gasteiger partial charge in [-0.05, 0) is 36.8 Å². The van der Waals surface area contributed by atoms with Gasteiger partial charge in [0, 0.05) is 12.1 Å². The van der Waals surface area contributed by atoms with Crippen LogP contribution >= 0.6 is 0 Å². The van der Waals surface area contributed by atoms with Gasteiger partial charge in [-0.2, -0.15) is 0 Å². The van der Waals surface area contributed by atoms with Crippen molar-refractivity contribution in [2.45, 2.75) is 50.6 Å². The van der Waals surface area contributed by atoms with Crippen molar-refractivity contribution >= 4 is 5.91 Å². The van der Waals surface area contributed by atoms with Crippen LogP contribution in [0.25, 0.3) is 0 Å². The molecule has 0 bridgehead atoms. The molecule has 1 aromatic rings. The summed E-state index contributed by atoms with van der Waals surface area (Å²) in [5.74, 6) is 0.143. The van der Waals surface area contributed by atoms with E-state index in [2.05, 4.69) is 34.9 Å². The summed E-state index contributed by atoms with van der Waals surface area (Å²) in [7, 11) is 0. The Morgan fingerprint density at radius 1 is 1.05 bits per heavy atom. The van der Waals surface area contributed by atoms with Crippen LogP contribution < -0.4 is 10.6 Å². The number of carbonyl (C=O) groups excluding carboxylic acids is 1. The van der Waals surface area contributed by atoms with Gasteiger partial charge in [-0.15, -0.1) is 0 Å². The van der Waals surface area contributed by atoms with Crippen molar-refractivity contribution in [1.82, 2.24) is 10.6 Å². The molecule has 3 rings (SSSR count). The number of nitrogens with one attached hydrogen (secondary N) is 2. The normalized spacial score (nSPS) is 19.6. The zero-order valence-electron chi connectivity index (χ0n) is 11.3. The molecule has 2 aliphatic carbocycles. The fourth-order valence-corrected chi connectivity index (χ4v) is 3.31. The number of carbonyl (C=O) groups is 1. The number of rotatable bonds is 4. The Morgan fingerprint density at radius 3 is 2.32 bits per heavy atom. The van der Waals surface area contributed by atoms with E-state index in [1.54, 1.807) is 0 Å². The molecule has 1 aromatic carbocycles. The molecule has 3 nitrogen and oxygen atoms in total. The van der Waals surface area contributed by atoms with Crippen LogP contribution in [0.5, 0.6) is 0 Å². The van der Waals surface area contributed by atoms with Crippen LogP contribution in [0.2, 0.25) is 0 Å². The second-order valence-corrected chi connectivity index (χ2v) is 5.80. The predicted octanol–water partition coefficient (Wildman–Crippen LogP) is 1.80. The summed E-state index contributed by atoms with van der Waals surface area (Å²) in [6.07, 6.45) is 7.01. The molecule has 0 aliphatic heterocycles. The van der Waals surface area contributed by atoms with E-state index in [-0.39, 0.29) is 11.9 Å². The summed E-state index contributed by atoms with van der Waals surface area (Å²) >= 11 is 0. The summed E-state index contributed by atoms with van der Waals surface area (Å²) in [6.45, 7) is 0.470. The zero-order valence-corrected chi connectivity index (χ0v) is 11.3. The second-order valence-electron chi connectivity index (χ2n) is 5.80. The molecule has 3 heteroatoms. The Labute approximate surface area is 114 Å². The molecule has 0 saturated heterocycles. The maximum absolute atomic E-state index is 11.9. The topological polar surface area (TPSA) is 41.1 Å². The Hall–Kier alpha value is -1.35. The van der Waals surface area contributed by atoms with Gasteiger partial charge in [0.2, 0.25) is 5.91 Å². The van der Waals surface area contributed by atoms with Crippen molar-refractivity contribution in [1.29, 1.82) is 0 Å². The molecule has 0 spiro atoms. The van der Waals surface area contributed by atoms with Gasteiger partial charge >= 0.3 is 0 Å². The Bertz CT molecular complexity index is 427. The van der Waals surface area contributed by atoms with Gasteiger partial charge in [-0.3, -0.25) is 4.79 Å². The van der Waals surface area contributed by atoms with E-state index in [0.29, 0.717) is 12.6 Å². The van der Waals surface area contributed by atoms with Crippen LogP contribution in [-0.2, 0) is 17.6 Å². The predicted molar refractivity (Wildman–Crippen MR) is 76.0 cm³/mol. The van der Waals surface area contributed by atoms with Crippen molar-refractivity contribution in [3.63, 3.8) is 0 Å². The lowest BCUT2D eigenvalue weighted by Gasteiger charge is -2.15. The number of benzene rings is 1. The third-order valence-corrected chi connectivity index (χ3v) is 4.32. The molecular weight excluding hydrogens is 236 g/mol. The molecule has 0 radical (unpaired) electrons. The zero-order chi connectivity index (χ0) is 13.1. The van der Waals surface area contributed by atoms with Crippen molar-refractivity contribution in [2.75, 3.05) is 6.54 Å². The number of amides is 1. The minimum absolute atomic E-state index is 0.143. The highest BCUT2D eigenvalue weighted by Crippen LogP contribution is 2.21. The van der Waals surface area contributed by atoms with Gasteiger partial charge in [0.05, 0.1) is 6.54 Å². The van der Waals surface area contributed by atoms with E-state index < -0.39 is 0 Å². The smallest absolute Gasteiger partial charge is 0.234 e. The standard InChI is InChI=1S/C16H22N2O/c19-16(11-17-14-7-3-4-8-14)18-15-9-12-5-1-2-6-13(12)10-15/h1-2,5-6,14-15,17H,3-4,7-11H2,(H,18,19). The number of hydrogen-bond acceptors (Lipinski definition) is 2. The second kappa shape index (κ2) is 5.74. The highest BCUT2D eigenvalue weighted by molar-refractivity contribution is 5.78. The van der Waals surface area contributed by atoms with E-state index in [1.807, 2.05) is 0 Å². The molecule has 0 atom stereocenters. The van der Waals surface area contributed by atoms with Gasteiger partial charge in [0.15, 0.2) is 0 Å². The van der Waals surface area contributed by atoms with Crippen molar-refractivity contribution in [3.05, 3.63) is 35.4 Å². The van der Waals surface area contributed by atoms with Crippen LogP contribution in [0.15, 0.2) is 24.3 Å². The quantitative estimate of drug-likeness (QED) is 0.864. The van der Waals surface area contributed by atoms with Crippen molar-refractivity contribution in [3.8, 4) is 0 Å². The van der Waals surface area contributed by atoms with Gasteiger partial charge in [-0.25, -0.2) is 0 Å². The van der Waals surface area contributed by atoms with Crippen LogP contribution in [0.1, 0.15) is 36.8 Å². The Balaban J connectivity index is 1.44. The molecule has 2 aliphatic rings. The largest absolute Gasteiger partial charge is 0.352 e. The minimum Gasteiger partial charge on any atom is -0.352 e. The van der Waals surface area contributed by atoms with Crippen molar-refractivity contribution in [2.24, 2.45) is 0 Å². The van der Waals surface area contributed by atoms with Crippen molar-refractivity contribution < 1.29 is 4.79 Å². The molecule has 0 unspecified atom stereocenters. The highest BCUT2D eigenvalue weighted by Gasteiger charge is 2.22. The van der Waals surface area contributed by atoms with Gasteiger partial charge in [0.1, 0.15) is 0 Å². The molecule has 102 valence electrons. The Kier molecular flexibility index (Phi) is 3.83. The molecular formula is C16H22N2O. The van der Waals surface area contributed by atoms with Gasteiger partial charge < -0.3 is 10.6 Å². The first-order chi connectivity index (χ1) is 9.31. The monoisotopic (exact) mass is 258 g/mol. The highest BCUT2D eigenvalue weighted by atomic mass is 16.1. The molecule has 0 heterocycles. The first-order valence-electron chi connectivity index (χ1n) is 7.41. The van der Waals surface area contributed by atoms with E-state index in [4.69, 9.17) is 0 Å². The molecule has 1 amide bonds. The molecule has 1 saturated carbocycles.